The third-order valence-electron chi connectivity index (χ3n) is 6.01. The molecule has 2 fully saturated rings. The number of hydrogen-bond acceptors (Lipinski definition) is 3. The van der Waals surface area contributed by atoms with Gasteiger partial charge in [-0.3, -0.25) is 9.69 Å². The van der Waals surface area contributed by atoms with E-state index in [4.69, 9.17) is 5.73 Å². The standard InChI is InChI=1S/C21H33N3O/c1-16-6-5-11-24(14-16)15-19-8-3-2-7-18(19)13-23-21(25)20-10-4-9-17(20)12-22/h2-3,7-8,16-17,20H,4-6,9-15,22H2,1H3,(H,23,25)/t16?,17-,20-/m1/s1. The maximum atomic E-state index is 12.6. The lowest BCUT2D eigenvalue weighted by molar-refractivity contribution is -0.126. The number of likely N-dealkylation sites (tertiary alicyclic amines) is 1. The summed E-state index contributed by atoms with van der Waals surface area (Å²) in [6.45, 7) is 6.96. The quantitative estimate of drug-likeness (QED) is 0.835. The zero-order chi connectivity index (χ0) is 17.6. The molecule has 1 saturated carbocycles. The summed E-state index contributed by atoms with van der Waals surface area (Å²) in [4.78, 5) is 15.1. The van der Waals surface area contributed by atoms with Crippen molar-refractivity contribution in [3.63, 3.8) is 0 Å². The molecular weight excluding hydrogens is 310 g/mol. The average molecular weight is 344 g/mol. The third kappa shape index (κ3) is 4.83. The van der Waals surface area contributed by atoms with Crippen LogP contribution in [0, 0.1) is 17.8 Å². The number of piperidine rings is 1. The maximum Gasteiger partial charge on any atom is 0.223 e. The Bertz CT molecular complexity index is 574. The smallest absolute Gasteiger partial charge is 0.223 e. The lowest BCUT2D eigenvalue weighted by Crippen LogP contribution is -2.36. The van der Waals surface area contributed by atoms with Crippen molar-refractivity contribution in [2.75, 3.05) is 19.6 Å². The Morgan fingerprint density at radius 3 is 2.76 bits per heavy atom. The second-order valence-electron chi connectivity index (χ2n) is 8.00. The first kappa shape index (κ1) is 18.4. The van der Waals surface area contributed by atoms with E-state index in [2.05, 4.69) is 41.4 Å². The average Bonchev–Trinajstić information content (AvgIpc) is 3.09. The van der Waals surface area contributed by atoms with Gasteiger partial charge in [0.1, 0.15) is 0 Å². The Morgan fingerprint density at radius 1 is 1.20 bits per heavy atom. The van der Waals surface area contributed by atoms with E-state index >= 15 is 0 Å². The molecule has 1 heterocycles. The number of rotatable bonds is 6. The fourth-order valence-corrected chi connectivity index (χ4v) is 4.53. The Balaban J connectivity index is 1.58. The van der Waals surface area contributed by atoms with Gasteiger partial charge < -0.3 is 11.1 Å². The SMILES string of the molecule is CC1CCCN(Cc2ccccc2CNC(=O)[C@@H]2CCC[C@@H]2CN)C1. The third-order valence-corrected chi connectivity index (χ3v) is 6.01. The zero-order valence-corrected chi connectivity index (χ0v) is 15.5. The summed E-state index contributed by atoms with van der Waals surface area (Å²) in [5.74, 6) is 1.45. The van der Waals surface area contributed by atoms with Crippen LogP contribution < -0.4 is 11.1 Å². The van der Waals surface area contributed by atoms with Gasteiger partial charge in [-0.05, 0) is 61.7 Å². The number of benzene rings is 1. The molecule has 25 heavy (non-hydrogen) atoms. The van der Waals surface area contributed by atoms with E-state index in [1.807, 2.05) is 0 Å². The molecule has 3 atom stereocenters. The van der Waals surface area contributed by atoms with E-state index in [1.165, 1.54) is 37.1 Å². The Morgan fingerprint density at radius 2 is 2.00 bits per heavy atom. The number of hydrogen-bond donors (Lipinski definition) is 2. The monoisotopic (exact) mass is 343 g/mol. The summed E-state index contributed by atoms with van der Waals surface area (Å²) in [7, 11) is 0. The van der Waals surface area contributed by atoms with Crippen LogP contribution in [0.4, 0.5) is 0 Å². The van der Waals surface area contributed by atoms with Crippen molar-refractivity contribution in [1.82, 2.24) is 10.2 Å². The maximum absolute atomic E-state index is 12.6. The topological polar surface area (TPSA) is 58.4 Å². The fraction of sp³-hybridized carbons (Fsp3) is 0.667. The van der Waals surface area contributed by atoms with Gasteiger partial charge in [-0.1, -0.05) is 37.6 Å². The number of carbonyl (C=O) groups is 1. The molecular formula is C21H33N3O. The van der Waals surface area contributed by atoms with Crippen molar-refractivity contribution >= 4 is 5.91 Å². The molecule has 1 aromatic rings. The van der Waals surface area contributed by atoms with Gasteiger partial charge in [-0.25, -0.2) is 0 Å². The minimum Gasteiger partial charge on any atom is -0.352 e. The highest BCUT2D eigenvalue weighted by Gasteiger charge is 2.31. The van der Waals surface area contributed by atoms with Gasteiger partial charge in [0.15, 0.2) is 0 Å². The van der Waals surface area contributed by atoms with Crippen LogP contribution in [0.25, 0.3) is 0 Å². The van der Waals surface area contributed by atoms with Crippen molar-refractivity contribution in [2.24, 2.45) is 23.5 Å². The van der Waals surface area contributed by atoms with Gasteiger partial charge in [0.2, 0.25) is 5.91 Å². The molecule has 0 spiro atoms. The number of nitrogens with two attached hydrogens (primary N) is 1. The zero-order valence-electron chi connectivity index (χ0n) is 15.5. The largest absolute Gasteiger partial charge is 0.352 e. The number of nitrogens with one attached hydrogen (secondary N) is 1. The molecule has 1 aliphatic heterocycles. The van der Waals surface area contributed by atoms with Crippen molar-refractivity contribution < 1.29 is 4.79 Å². The molecule has 0 radical (unpaired) electrons. The van der Waals surface area contributed by atoms with Gasteiger partial charge in [-0.2, -0.15) is 0 Å². The Labute approximate surface area is 152 Å². The molecule has 4 heteroatoms. The van der Waals surface area contributed by atoms with Crippen LogP contribution in [0.3, 0.4) is 0 Å². The molecule has 2 aliphatic rings. The first-order valence-corrected chi connectivity index (χ1v) is 9.94. The lowest BCUT2D eigenvalue weighted by atomic mass is 9.95. The number of carbonyl (C=O) groups excluding carboxylic acids is 1. The molecule has 0 aromatic heterocycles. The highest BCUT2D eigenvalue weighted by molar-refractivity contribution is 5.79. The summed E-state index contributed by atoms with van der Waals surface area (Å²) in [6.07, 6.45) is 5.85. The first-order valence-electron chi connectivity index (χ1n) is 9.94. The summed E-state index contributed by atoms with van der Waals surface area (Å²) >= 11 is 0. The van der Waals surface area contributed by atoms with Gasteiger partial charge in [0, 0.05) is 25.6 Å². The van der Waals surface area contributed by atoms with Gasteiger partial charge in [-0.15, -0.1) is 0 Å². The molecule has 4 nitrogen and oxygen atoms in total. The Hall–Kier alpha value is -1.39. The molecule has 0 bridgehead atoms. The summed E-state index contributed by atoms with van der Waals surface area (Å²) in [5.41, 5.74) is 8.42. The molecule has 3 rings (SSSR count). The minimum atomic E-state index is 0.111. The van der Waals surface area contributed by atoms with E-state index in [1.54, 1.807) is 0 Å². The highest BCUT2D eigenvalue weighted by Crippen LogP contribution is 2.31. The number of amides is 1. The van der Waals surface area contributed by atoms with E-state index in [0.717, 1.165) is 31.7 Å². The summed E-state index contributed by atoms with van der Waals surface area (Å²) in [5, 5.41) is 3.18. The van der Waals surface area contributed by atoms with Gasteiger partial charge in [0.05, 0.1) is 0 Å². The predicted octanol–water partition coefficient (Wildman–Crippen LogP) is 2.91. The molecule has 1 amide bonds. The molecule has 138 valence electrons. The molecule has 3 N–H and O–H groups in total. The van der Waals surface area contributed by atoms with E-state index in [-0.39, 0.29) is 11.8 Å². The predicted molar refractivity (Wildman–Crippen MR) is 102 cm³/mol. The van der Waals surface area contributed by atoms with E-state index in [9.17, 15) is 4.79 Å². The molecule has 1 aliphatic carbocycles. The highest BCUT2D eigenvalue weighted by atomic mass is 16.1. The second-order valence-corrected chi connectivity index (χ2v) is 8.00. The van der Waals surface area contributed by atoms with Gasteiger partial charge in [0.25, 0.3) is 0 Å². The molecule has 1 aromatic carbocycles. The van der Waals surface area contributed by atoms with Crippen LogP contribution >= 0.6 is 0 Å². The van der Waals surface area contributed by atoms with Crippen LogP contribution in [0.15, 0.2) is 24.3 Å². The Kier molecular flexibility index (Phi) is 6.49. The minimum absolute atomic E-state index is 0.111. The lowest BCUT2D eigenvalue weighted by Gasteiger charge is -2.31. The van der Waals surface area contributed by atoms with Gasteiger partial charge >= 0.3 is 0 Å². The van der Waals surface area contributed by atoms with Crippen LogP contribution in [0.1, 0.15) is 50.2 Å². The van der Waals surface area contributed by atoms with E-state index < -0.39 is 0 Å². The van der Waals surface area contributed by atoms with E-state index in [0.29, 0.717) is 19.0 Å². The van der Waals surface area contributed by atoms with Crippen LogP contribution in [-0.2, 0) is 17.9 Å². The van der Waals surface area contributed by atoms with Crippen molar-refractivity contribution in [3.05, 3.63) is 35.4 Å². The van der Waals surface area contributed by atoms with Crippen LogP contribution in [0.2, 0.25) is 0 Å². The van der Waals surface area contributed by atoms with Crippen molar-refractivity contribution in [2.45, 2.75) is 52.1 Å². The fourth-order valence-electron chi connectivity index (χ4n) is 4.53. The molecule has 1 saturated heterocycles. The second kappa shape index (κ2) is 8.81. The van der Waals surface area contributed by atoms with Crippen molar-refractivity contribution in [3.8, 4) is 0 Å². The number of nitrogens with zero attached hydrogens (tertiary/aromatic N) is 1. The first-order chi connectivity index (χ1) is 12.2. The molecule has 1 unspecified atom stereocenters. The van der Waals surface area contributed by atoms with Crippen LogP contribution in [-0.4, -0.2) is 30.4 Å². The summed E-state index contributed by atoms with van der Waals surface area (Å²) in [6, 6.07) is 8.54. The normalized spacial score (nSPS) is 27.4. The van der Waals surface area contributed by atoms with Crippen LogP contribution in [0.5, 0.6) is 0 Å². The van der Waals surface area contributed by atoms with Crippen molar-refractivity contribution in [1.29, 1.82) is 0 Å². The summed E-state index contributed by atoms with van der Waals surface area (Å²) < 4.78 is 0.